The summed E-state index contributed by atoms with van der Waals surface area (Å²) < 4.78 is 10.4. The number of methoxy groups -OCH3 is 1. The van der Waals surface area contributed by atoms with Gasteiger partial charge in [-0.05, 0) is 37.4 Å². The molecule has 0 aromatic carbocycles. The van der Waals surface area contributed by atoms with E-state index in [0.29, 0.717) is 19.0 Å². The Morgan fingerprint density at radius 1 is 1.63 bits per heavy atom. The van der Waals surface area contributed by atoms with E-state index in [1.807, 2.05) is 12.1 Å². The molecule has 1 aromatic rings. The SMILES string of the molecule is COCC1CCCN(CC(=O)NCc2ccco2)C1. The molecular formula is C14H22N2O3. The minimum absolute atomic E-state index is 0.0504. The molecule has 1 aliphatic heterocycles. The standard InChI is InChI=1S/C14H22N2O3/c1-18-11-12-4-2-6-16(9-12)10-14(17)15-8-13-5-3-7-19-13/h3,5,7,12H,2,4,6,8-11H2,1H3,(H,15,17). The maximum atomic E-state index is 11.8. The number of hydrogen-bond acceptors (Lipinski definition) is 4. The van der Waals surface area contributed by atoms with Crippen molar-refractivity contribution in [3.8, 4) is 0 Å². The fourth-order valence-electron chi connectivity index (χ4n) is 2.52. The molecule has 1 saturated heterocycles. The Kier molecular flexibility index (Phi) is 5.42. The van der Waals surface area contributed by atoms with E-state index in [-0.39, 0.29) is 5.91 Å². The Labute approximate surface area is 113 Å². The molecule has 1 amide bonds. The van der Waals surface area contributed by atoms with Crippen molar-refractivity contribution in [2.45, 2.75) is 19.4 Å². The van der Waals surface area contributed by atoms with Crippen molar-refractivity contribution in [3.63, 3.8) is 0 Å². The lowest BCUT2D eigenvalue weighted by Gasteiger charge is -2.31. The van der Waals surface area contributed by atoms with Crippen LogP contribution in [0.1, 0.15) is 18.6 Å². The smallest absolute Gasteiger partial charge is 0.234 e. The molecule has 1 aliphatic rings. The summed E-state index contributed by atoms with van der Waals surface area (Å²) in [6.45, 7) is 3.64. The zero-order valence-corrected chi connectivity index (χ0v) is 11.4. The third-order valence-corrected chi connectivity index (χ3v) is 3.41. The Morgan fingerprint density at radius 2 is 2.53 bits per heavy atom. The predicted molar refractivity (Wildman–Crippen MR) is 71.6 cm³/mol. The molecule has 1 fully saturated rings. The van der Waals surface area contributed by atoms with Crippen LogP contribution < -0.4 is 5.32 Å². The van der Waals surface area contributed by atoms with Gasteiger partial charge in [0.15, 0.2) is 0 Å². The van der Waals surface area contributed by atoms with Gasteiger partial charge in [-0.1, -0.05) is 0 Å². The van der Waals surface area contributed by atoms with Gasteiger partial charge in [0.2, 0.25) is 5.91 Å². The highest BCUT2D eigenvalue weighted by atomic mass is 16.5. The zero-order valence-electron chi connectivity index (χ0n) is 11.4. The molecule has 0 saturated carbocycles. The molecule has 106 valence electrons. The van der Waals surface area contributed by atoms with Crippen LogP contribution in [0.4, 0.5) is 0 Å². The lowest BCUT2D eigenvalue weighted by atomic mass is 9.99. The molecule has 2 rings (SSSR count). The van der Waals surface area contributed by atoms with Crippen molar-refractivity contribution < 1.29 is 13.9 Å². The van der Waals surface area contributed by atoms with Crippen LogP contribution in [0.15, 0.2) is 22.8 Å². The quantitative estimate of drug-likeness (QED) is 0.842. The van der Waals surface area contributed by atoms with Crippen LogP contribution in [-0.2, 0) is 16.1 Å². The molecule has 1 N–H and O–H groups in total. The molecule has 0 bridgehead atoms. The van der Waals surface area contributed by atoms with Gasteiger partial charge >= 0.3 is 0 Å². The van der Waals surface area contributed by atoms with E-state index < -0.39 is 0 Å². The second-order valence-corrected chi connectivity index (χ2v) is 5.05. The van der Waals surface area contributed by atoms with E-state index >= 15 is 0 Å². The molecule has 5 nitrogen and oxygen atoms in total. The number of hydrogen-bond donors (Lipinski definition) is 1. The second-order valence-electron chi connectivity index (χ2n) is 5.05. The Hall–Kier alpha value is -1.33. The normalized spacial score (nSPS) is 20.4. The molecule has 1 aromatic heterocycles. The van der Waals surface area contributed by atoms with E-state index in [1.54, 1.807) is 13.4 Å². The van der Waals surface area contributed by atoms with Crippen LogP contribution in [0, 0.1) is 5.92 Å². The molecular weight excluding hydrogens is 244 g/mol. The van der Waals surface area contributed by atoms with E-state index in [1.165, 1.54) is 6.42 Å². The number of carbonyl (C=O) groups excluding carboxylic acids is 1. The third-order valence-electron chi connectivity index (χ3n) is 3.41. The molecule has 2 heterocycles. The first-order chi connectivity index (χ1) is 9.28. The van der Waals surface area contributed by atoms with Crippen molar-refractivity contribution in [2.75, 3.05) is 33.4 Å². The van der Waals surface area contributed by atoms with Gasteiger partial charge < -0.3 is 14.5 Å². The first kappa shape index (κ1) is 14.1. The van der Waals surface area contributed by atoms with Crippen LogP contribution in [0.5, 0.6) is 0 Å². The van der Waals surface area contributed by atoms with E-state index in [2.05, 4.69) is 10.2 Å². The molecule has 0 aliphatic carbocycles. The number of ether oxygens (including phenoxy) is 1. The van der Waals surface area contributed by atoms with E-state index in [0.717, 1.165) is 31.9 Å². The molecule has 1 unspecified atom stereocenters. The average Bonchev–Trinajstić information content (AvgIpc) is 2.90. The molecule has 5 heteroatoms. The van der Waals surface area contributed by atoms with Crippen molar-refractivity contribution >= 4 is 5.91 Å². The van der Waals surface area contributed by atoms with Gasteiger partial charge in [0.25, 0.3) is 0 Å². The molecule has 19 heavy (non-hydrogen) atoms. The van der Waals surface area contributed by atoms with Gasteiger partial charge in [-0.2, -0.15) is 0 Å². The number of nitrogens with one attached hydrogen (secondary N) is 1. The van der Waals surface area contributed by atoms with Gasteiger partial charge in [-0.3, -0.25) is 9.69 Å². The summed E-state index contributed by atoms with van der Waals surface area (Å²) in [4.78, 5) is 14.0. The summed E-state index contributed by atoms with van der Waals surface area (Å²) in [5, 5.41) is 2.87. The summed E-state index contributed by atoms with van der Waals surface area (Å²) in [5.74, 6) is 1.38. The Bertz CT molecular complexity index is 376. The lowest BCUT2D eigenvalue weighted by molar-refractivity contribution is -0.123. The van der Waals surface area contributed by atoms with Gasteiger partial charge in [-0.15, -0.1) is 0 Å². The highest BCUT2D eigenvalue weighted by molar-refractivity contribution is 5.77. The fraction of sp³-hybridized carbons (Fsp3) is 0.643. The van der Waals surface area contributed by atoms with Gasteiger partial charge in [0, 0.05) is 13.7 Å². The van der Waals surface area contributed by atoms with Crippen LogP contribution in [0.3, 0.4) is 0 Å². The van der Waals surface area contributed by atoms with Crippen LogP contribution in [0.25, 0.3) is 0 Å². The lowest BCUT2D eigenvalue weighted by Crippen LogP contribution is -2.43. The predicted octanol–water partition coefficient (Wildman–Crippen LogP) is 1.25. The van der Waals surface area contributed by atoms with E-state index in [9.17, 15) is 4.79 Å². The highest BCUT2D eigenvalue weighted by Gasteiger charge is 2.21. The summed E-state index contributed by atoms with van der Waals surface area (Å²) in [6, 6.07) is 3.68. The number of likely N-dealkylation sites (tertiary alicyclic amines) is 1. The van der Waals surface area contributed by atoms with Gasteiger partial charge in [-0.25, -0.2) is 0 Å². The molecule has 0 spiro atoms. The Morgan fingerprint density at radius 3 is 3.26 bits per heavy atom. The van der Waals surface area contributed by atoms with Crippen LogP contribution in [-0.4, -0.2) is 44.2 Å². The van der Waals surface area contributed by atoms with Gasteiger partial charge in [0.1, 0.15) is 5.76 Å². The number of nitrogens with zero attached hydrogens (tertiary/aromatic N) is 1. The maximum absolute atomic E-state index is 11.8. The third kappa shape index (κ3) is 4.69. The highest BCUT2D eigenvalue weighted by Crippen LogP contribution is 2.16. The fourth-order valence-corrected chi connectivity index (χ4v) is 2.52. The van der Waals surface area contributed by atoms with Crippen molar-refractivity contribution in [1.29, 1.82) is 0 Å². The summed E-state index contributed by atoms with van der Waals surface area (Å²) in [7, 11) is 1.73. The summed E-state index contributed by atoms with van der Waals surface area (Å²) in [5.41, 5.74) is 0. The topological polar surface area (TPSA) is 54.7 Å². The van der Waals surface area contributed by atoms with Gasteiger partial charge in [0.05, 0.1) is 26.0 Å². The minimum Gasteiger partial charge on any atom is -0.467 e. The van der Waals surface area contributed by atoms with Crippen LogP contribution in [0.2, 0.25) is 0 Å². The minimum atomic E-state index is 0.0504. The first-order valence-corrected chi connectivity index (χ1v) is 6.78. The number of amides is 1. The van der Waals surface area contributed by atoms with Crippen molar-refractivity contribution in [3.05, 3.63) is 24.2 Å². The second kappa shape index (κ2) is 7.31. The molecule has 1 atom stereocenters. The monoisotopic (exact) mass is 266 g/mol. The van der Waals surface area contributed by atoms with E-state index in [4.69, 9.17) is 9.15 Å². The largest absolute Gasteiger partial charge is 0.467 e. The number of rotatable bonds is 6. The summed E-state index contributed by atoms with van der Waals surface area (Å²) in [6.07, 6.45) is 3.94. The maximum Gasteiger partial charge on any atom is 0.234 e. The average molecular weight is 266 g/mol. The van der Waals surface area contributed by atoms with Crippen molar-refractivity contribution in [1.82, 2.24) is 10.2 Å². The molecule has 0 radical (unpaired) electrons. The Balaban J connectivity index is 1.69. The van der Waals surface area contributed by atoms with Crippen LogP contribution >= 0.6 is 0 Å². The zero-order chi connectivity index (χ0) is 13.5. The van der Waals surface area contributed by atoms with Crippen molar-refractivity contribution in [2.24, 2.45) is 5.92 Å². The number of carbonyl (C=O) groups is 1. The number of furan rings is 1. The first-order valence-electron chi connectivity index (χ1n) is 6.78. The summed E-state index contributed by atoms with van der Waals surface area (Å²) >= 11 is 0. The number of piperidine rings is 1.